The quantitative estimate of drug-likeness (QED) is 0.741. The Morgan fingerprint density at radius 3 is 2.60 bits per heavy atom. The molecule has 6 nitrogen and oxygen atoms in total. The smallest absolute Gasteiger partial charge is 0.203 e. The minimum absolute atomic E-state index is 0.310. The monoisotopic (exact) mass is 346 g/mol. The molecule has 1 N–H and O–H groups in total. The van der Waals surface area contributed by atoms with Crippen molar-refractivity contribution in [1.82, 2.24) is 14.5 Å². The highest BCUT2D eigenvalue weighted by molar-refractivity contribution is 5.83. The van der Waals surface area contributed by atoms with Crippen LogP contribution in [0.5, 0.6) is 11.5 Å². The third-order valence-electron chi connectivity index (χ3n) is 4.79. The second-order valence-electron chi connectivity index (χ2n) is 6.89. The van der Waals surface area contributed by atoms with Crippen molar-refractivity contribution in [3.8, 4) is 11.5 Å². The molecule has 2 heterocycles. The van der Waals surface area contributed by atoms with Gasteiger partial charge in [0.15, 0.2) is 11.5 Å². The number of likely N-dealkylation sites (tertiary alicyclic amines) is 1. The van der Waals surface area contributed by atoms with Crippen molar-refractivity contribution in [2.45, 2.75) is 39.2 Å². The Morgan fingerprint density at radius 2 is 1.96 bits per heavy atom. The van der Waals surface area contributed by atoms with Gasteiger partial charge >= 0.3 is 0 Å². The molecular formula is C19H30N4O2. The topological polar surface area (TPSA) is 51.6 Å². The summed E-state index contributed by atoms with van der Waals surface area (Å²) in [4.78, 5) is 7.20. The molecule has 138 valence electrons. The molecule has 1 fully saturated rings. The Hall–Kier alpha value is -1.95. The van der Waals surface area contributed by atoms with Crippen LogP contribution >= 0.6 is 0 Å². The molecule has 0 bridgehead atoms. The number of rotatable bonds is 8. The van der Waals surface area contributed by atoms with Crippen molar-refractivity contribution in [2.24, 2.45) is 0 Å². The second-order valence-corrected chi connectivity index (χ2v) is 6.89. The van der Waals surface area contributed by atoms with E-state index >= 15 is 0 Å². The van der Waals surface area contributed by atoms with E-state index in [-0.39, 0.29) is 0 Å². The Morgan fingerprint density at radius 1 is 1.20 bits per heavy atom. The summed E-state index contributed by atoms with van der Waals surface area (Å²) in [6, 6.07) is 4.33. The fourth-order valence-electron chi connectivity index (χ4n) is 3.55. The molecule has 0 aliphatic carbocycles. The van der Waals surface area contributed by atoms with Gasteiger partial charge in [-0.3, -0.25) is 0 Å². The number of methoxy groups -OCH3 is 1. The average molecular weight is 346 g/mol. The average Bonchev–Trinajstić information content (AvgIpc) is 3.24. The van der Waals surface area contributed by atoms with Gasteiger partial charge in [0.2, 0.25) is 5.95 Å². The molecule has 6 heteroatoms. The van der Waals surface area contributed by atoms with Crippen molar-refractivity contribution >= 4 is 17.0 Å². The summed E-state index contributed by atoms with van der Waals surface area (Å²) >= 11 is 0. The molecule has 0 unspecified atom stereocenters. The van der Waals surface area contributed by atoms with Crippen molar-refractivity contribution in [3.05, 3.63) is 12.1 Å². The minimum Gasteiger partial charge on any atom is -0.493 e. The molecule has 0 saturated carbocycles. The summed E-state index contributed by atoms with van der Waals surface area (Å²) in [5.74, 6) is 2.39. The molecule has 1 aliphatic heterocycles. The van der Waals surface area contributed by atoms with Crippen LogP contribution in [0.4, 0.5) is 5.95 Å². The molecule has 1 aromatic heterocycles. The van der Waals surface area contributed by atoms with Crippen LogP contribution in [0, 0.1) is 0 Å². The Kier molecular flexibility index (Phi) is 5.68. The van der Waals surface area contributed by atoms with E-state index in [9.17, 15) is 0 Å². The second kappa shape index (κ2) is 7.95. The van der Waals surface area contributed by atoms with Gasteiger partial charge in [0, 0.05) is 31.8 Å². The number of benzene rings is 1. The van der Waals surface area contributed by atoms with Gasteiger partial charge in [0.25, 0.3) is 0 Å². The Bertz CT molecular complexity index is 705. The maximum absolute atomic E-state index is 6.02. The lowest BCUT2D eigenvalue weighted by molar-refractivity contribution is 0.254. The number of ether oxygens (including phenoxy) is 2. The maximum Gasteiger partial charge on any atom is 0.203 e. The highest BCUT2D eigenvalue weighted by Gasteiger charge is 2.17. The van der Waals surface area contributed by atoms with Crippen LogP contribution in [0.3, 0.4) is 0 Å². The highest BCUT2D eigenvalue weighted by atomic mass is 16.5. The first-order chi connectivity index (χ1) is 12.1. The van der Waals surface area contributed by atoms with E-state index in [4.69, 9.17) is 9.47 Å². The van der Waals surface area contributed by atoms with Gasteiger partial charge < -0.3 is 24.3 Å². The Balaban J connectivity index is 1.75. The zero-order valence-corrected chi connectivity index (χ0v) is 15.8. The summed E-state index contributed by atoms with van der Waals surface area (Å²) in [6.45, 7) is 8.57. The van der Waals surface area contributed by atoms with Crippen molar-refractivity contribution in [1.29, 1.82) is 0 Å². The zero-order chi connectivity index (χ0) is 17.8. The molecule has 3 rings (SSSR count). The summed E-state index contributed by atoms with van der Waals surface area (Å²) in [7, 11) is 3.58. The van der Waals surface area contributed by atoms with Crippen molar-refractivity contribution in [3.63, 3.8) is 0 Å². The molecular weight excluding hydrogens is 316 g/mol. The fourth-order valence-corrected chi connectivity index (χ4v) is 3.55. The molecule has 0 atom stereocenters. The van der Waals surface area contributed by atoms with Gasteiger partial charge in [-0.05, 0) is 46.2 Å². The van der Waals surface area contributed by atoms with E-state index in [1.54, 1.807) is 7.11 Å². The number of imidazole rings is 1. The van der Waals surface area contributed by atoms with Gasteiger partial charge in [-0.25, -0.2) is 4.98 Å². The molecule has 25 heavy (non-hydrogen) atoms. The number of hydrogen-bond donors (Lipinski definition) is 1. The number of nitrogens with one attached hydrogen (secondary N) is 1. The lowest BCUT2D eigenvalue weighted by Gasteiger charge is -2.16. The van der Waals surface area contributed by atoms with Gasteiger partial charge in [-0.2, -0.15) is 0 Å². The number of fused-ring (bicyclic) bond motifs is 1. The van der Waals surface area contributed by atoms with Crippen LogP contribution in [0.2, 0.25) is 0 Å². The molecule has 1 saturated heterocycles. The van der Waals surface area contributed by atoms with Crippen molar-refractivity contribution in [2.75, 3.05) is 45.7 Å². The predicted molar refractivity (Wildman–Crippen MR) is 102 cm³/mol. The first kappa shape index (κ1) is 17.9. The zero-order valence-electron chi connectivity index (χ0n) is 15.8. The van der Waals surface area contributed by atoms with Crippen LogP contribution in [-0.4, -0.2) is 54.8 Å². The molecule has 0 amide bonds. The molecule has 2 aromatic rings. The Labute approximate surface area is 150 Å². The normalized spacial score (nSPS) is 15.2. The number of nitrogens with zero attached hydrogens (tertiary/aromatic N) is 3. The fraction of sp³-hybridized carbons (Fsp3) is 0.632. The van der Waals surface area contributed by atoms with Gasteiger partial charge in [-0.1, -0.05) is 0 Å². The van der Waals surface area contributed by atoms with Crippen molar-refractivity contribution < 1.29 is 9.47 Å². The summed E-state index contributed by atoms with van der Waals surface area (Å²) in [5, 5.41) is 3.17. The van der Waals surface area contributed by atoms with Crippen LogP contribution in [0.1, 0.15) is 39.2 Å². The molecule has 0 radical (unpaired) electrons. The lowest BCUT2D eigenvalue weighted by atomic mass is 10.2. The van der Waals surface area contributed by atoms with Crippen LogP contribution in [0.25, 0.3) is 11.0 Å². The molecule has 1 aliphatic rings. The first-order valence-electron chi connectivity index (χ1n) is 9.27. The number of anilines is 1. The van der Waals surface area contributed by atoms with Gasteiger partial charge in [-0.15, -0.1) is 0 Å². The van der Waals surface area contributed by atoms with E-state index in [1.807, 2.05) is 19.2 Å². The minimum atomic E-state index is 0.310. The third kappa shape index (κ3) is 3.84. The largest absolute Gasteiger partial charge is 0.493 e. The van der Waals surface area contributed by atoms with E-state index in [0.29, 0.717) is 12.6 Å². The highest BCUT2D eigenvalue weighted by Crippen LogP contribution is 2.35. The SMILES string of the molecule is CNc1nc2cc(OCCCN3CCCC3)c(OC)cc2n1C(C)C. The first-order valence-corrected chi connectivity index (χ1v) is 9.27. The van der Waals surface area contributed by atoms with E-state index in [2.05, 4.69) is 33.6 Å². The van der Waals surface area contributed by atoms with Crippen LogP contribution in [0.15, 0.2) is 12.1 Å². The van der Waals surface area contributed by atoms with E-state index in [0.717, 1.165) is 41.4 Å². The van der Waals surface area contributed by atoms with Gasteiger partial charge in [0.1, 0.15) is 0 Å². The number of aromatic nitrogens is 2. The van der Waals surface area contributed by atoms with E-state index in [1.165, 1.54) is 25.9 Å². The summed E-state index contributed by atoms with van der Waals surface area (Å²) in [6.07, 6.45) is 3.69. The summed E-state index contributed by atoms with van der Waals surface area (Å²) in [5.41, 5.74) is 1.98. The third-order valence-corrected chi connectivity index (χ3v) is 4.79. The van der Waals surface area contributed by atoms with E-state index < -0.39 is 0 Å². The standard InChI is InChI=1S/C19H30N4O2/c1-14(2)23-16-13-17(24-4)18(12-15(16)21-19(23)20-3)25-11-7-10-22-8-5-6-9-22/h12-14H,5-11H2,1-4H3,(H,20,21). The van der Waals surface area contributed by atoms with Crippen LogP contribution < -0.4 is 14.8 Å². The van der Waals surface area contributed by atoms with Crippen LogP contribution in [-0.2, 0) is 0 Å². The predicted octanol–water partition coefficient (Wildman–Crippen LogP) is 3.53. The lowest BCUT2D eigenvalue weighted by Crippen LogP contribution is -2.21. The maximum atomic E-state index is 6.02. The molecule has 0 spiro atoms. The summed E-state index contributed by atoms with van der Waals surface area (Å²) < 4.78 is 13.8. The van der Waals surface area contributed by atoms with Gasteiger partial charge in [0.05, 0.1) is 24.8 Å². The number of hydrogen-bond acceptors (Lipinski definition) is 5. The molecule has 1 aromatic carbocycles.